The maximum atomic E-state index is 13.6. The molecule has 1 saturated carbocycles. The van der Waals surface area contributed by atoms with Crippen molar-refractivity contribution in [3.8, 4) is 0 Å². The van der Waals surface area contributed by atoms with Crippen molar-refractivity contribution in [3.05, 3.63) is 65.5 Å². The zero-order valence-electron chi connectivity index (χ0n) is 13.3. The molecule has 0 spiro atoms. The molecule has 0 radical (unpaired) electrons. The van der Waals surface area contributed by atoms with Crippen LogP contribution in [0.1, 0.15) is 17.0 Å². The van der Waals surface area contributed by atoms with Crippen molar-refractivity contribution >= 4 is 9.84 Å². The van der Waals surface area contributed by atoms with Crippen LogP contribution in [0.3, 0.4) is 0 Å². The predicted molar refractivity (Wildman–Crippen MR) is 89.9 cm³/mol. The number of sulfone groups is 1. The van der Waals surface area contributed by atoms with Gasteiger partial charge >= 0.3 is 0 Å². The van der Waals surface area contributed by atoms with Crippen molar-refractivity contribution in [2.24, 2.45) is 11.1 Å². The van der Waals surface area contributed by atoms with E-state index in [1.54, 1.807) is 30.3 Å². The van der Waals surface area contributed by atoms with Gasteiger partial charge in [0.15, 0.2) is 9.84 Å². The molecule has 0 amide bonds. The number of halogens is 1. The maximum Gasteiger partial charge on any atom is 0.182 e. The average molecular weight is 349 g/mol. The highest BCUT2D eigenvalue weighted by atomic mass is 32.2. The quantitative estimate of drug-likeness (QED) is 0.865. The summed E-state index contributed by atoms with van der Waals surface area (Å²) in [6.07, 6.45) is 0. The summed E-state index contributed by atoms with van der Waals surface area (Å²) in [4.78, 5) is 0.197. The summed E-state index contributed by atoms with van der Waals surface area (Å²) in [6.45, 7) is 1.53. The van der Waals surface area contributed by atoms with Crippen LogP contribution in [0.25, 0.3) is 0 Å². The van der Waals surface area contributed by atoms with Crippen LogP contribution in [0, 0.1) is 18.2 Å². The Hall–Kier alpha value is -1.76. The lowest BCUT2D eigenvalue weighted by atomic mass is 10.00. The topological polar surface area (TPSA) is 80.4 Å². The minimum absolute atomic E-state index is 0.0143. The van der Waals surface area contributed by atoms with E-state index in [1.807, 2.05) is 6.92 Å². The second-order valence-electron chi connectivity index (χ2n) is 6.41. The van der Waals surface area contributed by atoms with Gasteiger partial charge in [0, 0.05) is 17.9 Å². The number of benzene rings is 2. The van der Waals surface area contributed by atoms with E-state index in [2.05, 4.69) is 0 Å². The molecule has 0 heterocycles. The van der Waals surface area contributed by atoms with Crippen molar-refractivity contribution < 1.29 is 17.9 Å². The van der Waals surface area contributed by atoms with Gasteiger partial charge in [0.05, 0.1) is 16.8 Å². The predicted octanol–water partition coefficient (Wildman–Crippen LogP) is 2.01. The molecule has 0 aromatic heterocycles. The molecule has 1 fully saturated rings. The standard InChI is InChI=1S/C18H20FNO3S/c1-12-5-7-15(8-6-12)24(22,23)17-16(18(17,10-20)11-21)13-3-2-4-14(19)9-13/h2-9,16-17,21H,10-11,20H2,1H3/t16-,17+,18+/m0/s1. The lowest BCUT2D eigenvalue weighted by Gasteiger charge is -2.12. The number of aryl methyl sites for hydroxylation is 1. The third-order valence-corrected chi connectivity index (χ3v) is 7.29. The molecule has 0 saturated heterocycles. The SMILES string of the molecule is Cc1ccc(S(=O)(=O)[C@@H]2[C@H](c3cccc(F)c3)[C@@]2(CN)CO)cc1. The Bertz CT molecular complexity index is 845. The molecule has 0 bridgehead atoms. The molecule has 0 aliphatic heterocycles. The number of hydrogen-bond acceptors (Lipinski definition) is 4. The summed E-state index contributed by atoms with van der Waals surface area (Å²) in [6, 6.07) is 12.4. The van der Waals surface area contributed by atoms with Crippen LogP contribution in [-0.2, 0) is 9.84 Å². The Labute approximate surface area is 141 Å². The number of rotatable bonds is 5. The van der Waals surface area contributed by atoms with Crippen LogP contribution in [-0.4, -0.2) is 31.9 Å². The van der Waals surface area contributed by atoms with E-state index >= 15 is 0 Å². The van der Waals surface area contributed by atoms with Gasteiger partial charge < -0.3 is 10.8 Å². The first kappa shape index (κ1) is 17.1. The van der Waals surface area contributed by atoms with Gasteiger partial charge in [-0.2, -0.15) is 0 Å². The Morgan fingerprint density at radius 1 is 1.21 bits per heavy atom. The van der Waals surface area contributed by atoms with Gasteiger partial charge in [0.1, 0.15) is 5.82 Å². The molecule has 6 heteroatoms. The van der Waals surface area contributed by atoms with Crippen LogP contribution >= 0.6 is 0 Å². The average Bonchev–Trinajstić information content (AvgIpc) is 3.26. The largest absolute Gasteiger partial charge is 0.396 e. The molecule has 2 aromatic rings. The highest BCUT2D eigenvalue weighted by Crippen LogP contribution is 2.63. The molecule has 4 nitrogen and oxygen atoms in total. The van der Waals surface area contributed by atoms with Crippen molar-refractivity contribution in [1.82, 2.24) is 0 Å². The molecular weight excluding hydrogens is 329 g/mol. The lowest BCUT2D eigenvalue weighted by molar-refractivity contribution is 0.212. The highest BCUT2D eigenvalue weighted by molar-refractivity contribution is 7.92. The van der Waals surface area contributed by atoms with E-state index in [0.717, 1.165) is 5.56 Å². The Kier molecular flexibility index (Phi) is 4.23. The number of nitrogens with two attached hydrogens (primary N) is 1. The first-order chi connectivity index (χ1) is 11.4. The van der Waals surface area contributed by atoms with E-state index in [4.69, 9.17) is 5.73 Å². The van der Waals surface area contributed by atoms with E-state index in [1.165, 1.54) is 18.2 Å². The minimum Gasteiger partial charge on any atom is -0.396 e. The second kappa shape index (κ2) is 5.95. The first-order valence-electron chi connectivity index (χ1n) is 7.74. The third-order valence-electron chi connectivity index (χ3n) is 4.95. The molecule has 3 N–H and O–H groups in total. The number of aliphatic hydroxyl groups excluding tert-OH is 1. The van der Waals surface area contributed by atoms with Crippen molar-refractivity contribution in [2.75, 3.05) is 13.2 Å². The van der Waals surface area contributed by atoms with Crippen LogP contribution < -0.4 is 5.73 Å². The molecule has 1 aliphatic rings. The Morgan fingerprint density at radius 2 is 1.88 bits per heavy atom. The van der Waals surface area contributed by atoms with Crippen molar-refractivity contribution in [1.29, 1.82) is 0 Å². The molecule has 0 unspecified atom stereocenters. The molecule has 3 atom stereocenters. The van der Waals surface area contributed by atoms with Gasteiger partial charge in [-0.3, -0.25) is 0 Å². The number of hydrogen-bond donors (Lipinski definition) is 2. The molecule has 3 rings (SSSR count). The van der Waals surface area contributed by atoms with Crippen molar-refractivity contribution in [2.45, 2.75) is 23.0 Å². The summed E-state index contributed by atoms with van der Waals surface area (Å²) in [5.74, 6) is -0.954. The van der Waals surface area contributed by atoms with E-state index in [0.29, 0.717) is 5.56 Å². The molecule has 128 valence electrons. The van der Waals surface area contributed by atoms with Gasteiger partial charge in [-0.1, -0.05) is 29.8 Å². The van der Waals surface area contributed by atoms with E-state index < -0.39 is 32.2 Å². The van der Waals surface area contributed by atoms with Gasteiger partial charge in [-0.15, -0.1) is 0 Å². The van der Waals surface area contributed by atoms with Gasteiger partial charge in [0.2, 0.25) is 0 Å². The van der Waals surface area contributed by atoms with E-state index in [-0.39, 0.29) is 18.0 Å². The fraction of sp³-hybridized carbons (Fsp3) is 0.333. The molecular formula is C18H20FNO3S. The highest BCUT2D eigenvalue weighted by Gasteiger charge is 2.70. The van der Waals surface area contributed by atoms with Crippen LogP contribution in [0.4, 0.5) is 4.39 Å². The van der Waals surface area contributed by atoms with Crippen LogP contribution in [0.2, 0.25) is 0 Å². The maximum absolute atomic E-state index is 13.6. The van der Waals surface area contributed by atoms with Gasteiger partial charge in [-0.25, -0.2) is 12.8 Å². The first-order valence-corrected chi connectivity index (χ1v) is 9.28. The monoisotopic (exact) mass is 349 g/mol. The van der Waals surface area contributed by atoms with Crippen LogP contribution in [0.15, 0.2) is 53.4 Å². The Morgan fingerprint density at radius 3 is 2.42 bits per heavy atom. The molecule has 24 heavy (non-hydrogen) atoms. The zero-order chi connectivity index (χ0) is 17.5. The van der Waals surface area contributed by atoms with Crippen molar-refractivity contribution in [3.63, 3.8) is 0 Å². The lowest BCUT2D eigenvalue weighted by Crippen LogP contribution is -2.27. The summed E-state index contributed by atoms with van der Waals surface area (Å²) in [5, 5.41) is 8.99. The van der Waals surface area contributed by atoms with Gasteiger partial charge in [0.25, 0.3) is 0 Å². The zero-order valence-corrected chi connectivity index (χ0v) is 14.1. The summed E-state index contributed by atoms with van der Waals surface area (Å²) >= 11 is 0. The van der Waals surface area contributed by atoms with E-state index in [9.17, 15) is 17.9 Å². The number of aliphatic hydroxyl groups is 1. The summed E-state index contributed by atoms with van der Waals surface area (Å²) < 4.78 is 39.7. The fourth-order valence-electron chi connectivity index (χ4n) is 3.52. The summed E-state index contributed by atoms with van der Waals surface area (Å²) in [5.41, 5.74) is 6.35. The molecule has 2 aromatic carbocycles. The summed E-state index contributed by atoms with van der Waals surface area (Å²) in [7, 11) is -3.69. The Balaban J connectivity index is 2.06. The van der Waals surface area contributed by atoms with Gasteiger partial charge in [-0.05, 0) is 36.8 Å². The normalized spacial score (nSPS) is 26.3. The fourth-order valence-corrected chi connectivity index (χ4v) is 5.97. The minimum atomic E-state index is -3.69. The second-order valence-corrected chi connectivity index (χ2v) is 8.48. The smallest absolute Gasteiger partial charge is 0.182 e. The van der Waals surface area contributed by atoms with Crippen LogP contribution in [0.5, 0.6) is 0 Å². The molecule has 1 aliphatic carbocycles. The third kappa shape index (κ3) is 2.55.